The van der Waals surface area contributed by atoms with E-state index in [4.69, 9.17) is 0 Å². The molecule has 0 aromatic heterocycles. The van der Waals surface area contributed by atoms with Gasteiger partial charge in [0.2, 0.25) is 0 Å². The van der Waals surface area contributed by atoms with Crippen LogP contribution in [-0.4, -0.2) is 11.4 Å². The van der Waals surface area contributed by atoms with Gasteiger partial charge in [-0.05, 0) is 17.3 Å². The van der Waals surface area contributed by atoms with Crippen LogP contribution in [0.25, 0.3) is 10.8 Å². The van der Waals surface area contributed by atoms with E-state index in [-0.39, 0.29) is 17.0 Å². The lowest BCUT2D eigenvalue weighted by Gasteiger charge is -2.03. The van der Waals surface area contributed by atoms with E-state index in [1.54, 1.807) is 24.3 Å². The fraction of sp³-hybridized carbons (Fsp3) is 0.154. The Bertz CT molecular complexity index is 550. The van der Waals surface area contributed by atoms with Gasteiger partial charge in [0.05, 0.1) is 5.56 Å². The van der Waals surface area contributed by atoms with Gasteiger partial charge in [-0.15, -0.1) is 4.91 Å². The summed E-state index contributed by atoms with van der Waals surface area (Å²) >= 11 is 0. The summed E-state index contributed by atoms with van der Waals surface area (Å²) in [4.78, 5) is 21.1. The van der Waals surface area contributed by atoms with E-state index in [1.165, 1.54) is 6.07 Å². The lowest BCUT2D eigenvalue weighted by molar-refractivity contribution is 0.112. The van der Waals surface area contributed by atoms with Gasteiger partial charge in [-0.3, -0.25) is 4.79 Å². The highest BCUT2D eigenvalue weighted by Crippen LogP contribution is 2.33. The van der Waals surface area contributed by atoms with Crippen molar-refractivity contribution in [2.75, 3.05) is 0 Å². The SMILES string of the molecule is CC.O=Cc1ccc2c(N=O)cccc2c1O. The molecule has 0 atom stereocenters. The van der Waals surface area contributed by atoms with Crippen LogP contribution in [-0.2, 0) is 0 Å². The number of aldehydes is 1. The third kappa shape index (κ3) is 2.30. The molecule has 2 aromatic carbocycles. The number of aromatic hydroxyl groups is 1. The first-order valence-corrected chi connectivity index (χ1v) is 5.31. The van der Waals surface area contributed by atoms with Crippen LogP contribution >= 0.6 is 0 Å². The number of phenolic OH excluding ortho intramolecular Hbond substituents is 1. The zero-order valence-corrected chi connectivity index (χ0v) is 9.68. The highest BCUT2D eigenvalue weighted by molar-refractivity contribution is 6.00. The molecule has 17 heavy (non-hydrogen) atoms. The Morgan fingerprint density at radius 1 is 1.12 bits per heavy atom. The Morgan fingerprint density at radius 2 is 1.82 bits per heavy atom. The smallest absolute Gasteiger partial charge is 0.153 e. The standard InChI is InChI=1S/C11H7NO3.C2H6/c13-6-7-4-5-8-9(11(7)14)2-1-3-10(8)12-15;1-2/h1-6,14H;1-2H3. The molecule has 1 N–H and O–H groups in total. The molecule has 0 saturated carbocycles. The molecule has 2 rings (SSSR count). The molecule has 0 unspecified atom stereocenters. The number of fused-ring (bicyclic) bond motifs is 1. The highest BCUT2D eigenvalue weighted by Gasteiger charge is 2.08. The first-order valence-electron chi connectivity index (χ1n) is 5.31. The molecule has 2 aromatic rings. The zero-order chi connectivity index (χ0) is 12.8. The van der Waals surface area contributed by atoms with Gasteiger partial charge in [0.25, 0.3) is 0 Å². The van der Waals surface area contributed by atoms with Crippen molar-refractivity contribution in [2.45, 2.75) is 13.8 Å². The summed E-state index contributed by atoms with van der Waals surface area (Å²) in [6.07, 6.45) is 0.565. The predicted octanol–water partition coefficient (Wildman–Crippen LogP) is 3.78. The number of nitroso groups, excluding NO2 is 1. The van der Waals surface area contributed by atoms with Crippen LogP contribution in [0, 0.1) is 4.91 Å². The van der Waals surface area contributed by atoms with Crippen LogP contribution < -0.4 is 0 Å². The molecule has 0 amide bonds. The van der Waals surface area contributed by atoms with Gasteiger partial charge >= 0.3 is 0 Å². The molecule has 0 heterocycles. The molecule has 0 aliphatic heterocycles. The topological polar surface area (TPSA) is 66.7 Å². The molecule has 0 saturated heterocycles. The summed E-state index contributed by atoms with van der Waals surface area (Å²) in [6.45, 7) is 4.00. The van der Waals surface area contributed by atoms with E-state index in [1.807, 2.05) is 13.8 Å². The van der Waals surface area contributed by atoms with Crippen molar-refractivity contribution in [3.63, 3.8) is 0 Å². The van der Waals surface area contributed by atoms with Crippen LogP contribution in [0.5, 0.6) is 5.75 Å². The van der Waals surface area contributed by atoms with Crippen molar-refractivity contribution in [3.8, 4) is 5.75 Å². The molecule has 0 fully saturated rings. The van der Waals surface area contributed by atoms with Crippen molar-refractivity contribution in [1.82, 2.24) is 0 Å². The number of carbonyl (C=O) groups is 1. The average molecular weight is 231 g/mol. The molecule has 0 bridgehead atoms. The number of benzene rings is 2. The van der Waals surface area contributed by atoms with Crippen molar-refractivity contribution < 1.29 is 9.90 Å². The molecular formula is C13H13NO3. The number of hydrogen-bond donors (Lipinski definition) is 1. The van der Waals surface area contributed by atoms with Gasteiger partial charge < -0.3 is 5.11 Å². The van der Waals surface area contributed by atoms with Gasteiger partial charge in [-0.1, -0.05) is 32.0 Å². The lowest BCUT2D eigenvalue weighted by atomic mass is 10.0. The predicted molar refractivity (Wildman–Crippen MR) is 67.8 cm³/mol. The maximum atomic E-state index is 10.6. The molecule has 0 aliphatic rings. The Labute approximate surface area is 98.9 Å². The Balaban J connectivity index is 0.000000686. The Hall–Kier alpha value is -2.23. The summed E-state index contributed by atoms with van der Waals surface area (Å²) in [5.74, 6) is -0.118. The minimum atomic E-state index is -0.118. The molecule has 4 nitrogen and oxygen atoms in total. The van der Waals surface area contributed by atoms with E-state index >= 15 is 0 Å². The molecule has 0 aliphatic carbocycles. The van der Waals surface area contributed by atoms with Crippen molar-refractivity contribution in [3.05, 3.63) is 40.8 Å². The van der Waals surface area contributed by atoms with Crippen LogP contribution in [0.3, 0.4) is 0 Å². The summed E-state index contributed by atoms with van der Waals surface area (Å²) in [7, 11) is 0. The number of carbonyl (C=O) groups excluding carboxylic acids is 1. The third-order valence-electron chi connectivity index (χ3n) is 2.27. The van der Waals surface area contributed by atoms with Gasteiger partial charge in [0.15, 0.2) is 6.29 Å². The molecular weight excluding hydrogens is 218 g/mol. The van der Waals surface area contributed by atoms with E-state index in [9.17, 15) is 14.8 Å². The molecule has 4 heteroatoms. The maximum absolute atomic E-state index is 10.6. The van der Waals surface area contributed by atoms with Crippen LogP contribution in [0.2, 0.25) is 0 Å². The van der Waals surface area contributed by atoms with Gasteiger partial charge in [0, 0.05) is 10.8 Å². The highest BCUT2D eigenvalue weighted by atomic mass is 16.3. The van der Waals surface area contributed by atoms with Crippen molar-refractivity contribution in [1.29, 1.82) is 0 Å². The molecule has 0 radical (unpaired) electrons. The zero-order valence-electron chi connectivity index (χ0n) is 9.68. The number of rotatable bonds is 2. The fourth-order valence-electron chi connectivity index (χ4n) is 1.52. The largest absolute Gasteiger partial charge is 0.507 e. The maximum Gasteiger partial charge on any atom is 0.153 e. The third-order valence-corrected chi connectivity index (χ3v) is 2.27. The minimum absolute atomic E-state index is 0.118. The average Bonchev–Trinajstić information content (AvgIpc) is 2.41. The van der Waals surface area contributed by atoms with Crippen LogP contribution in [0.1, 0.15) is 24.2 Å². The normalized spacial score (nSPS) is 9.29. The summed E-state index contributed by atoms with van der Waals surface area (Å²) in [5, 5.41) is 13.5. The summed E-state index contributed by atoms with van der Waals surface area (Å²) in [5.41, 5.74) is 0.450. The first-order chi connectivity index (χ1) is 8.27. The van der Waals surface area contributed by atoms with Crippen molar-refractivity contribution in [2.24, 2.45) is 5.18 Å². The minimum Gasteiger partial charge on any atom is -0.507 e. The van der Waals surface area contributed by atoms with E-state index in [0.717, 1.165) is 0 Å². The monoisotopic (exact) mass is 231 g/mol. The number of hydrogen-bond acceptors (Lipinski definition) is 4. The quantitative estimate of drug-likeness (QED) is 0.631. The molecule has 0 spiro atoms. The van der Waals surface area contributed by atoms with Gasteiger partial charge in [0.1, 0.15) is 11.4 Å². The second-order valence-corrected chi connectivity index (χ2v) is 3.08. The number of nitrogens with zero attached hydrogens (tertiary/aromatic N) is 1. The van der Waals surface area contributed by atoms with Crippen LogP contribution in [0.4, 0.5) is 5.69 Å². The van der Waals surface area contributed by atoms with Gasteiger partial charge in [-0.25, -0.2) is 0 Å². The van der Waals surface area contributed by atoms with Crippen LogP contribution in [0.15, 0.2) is 35.5 Å². The second-order valence-electron chi connectivity index (χ2n) is 3.08. The Kier molecular flexibility index (Phi) is 4.34. The Morgan fingerprint density at radius 3 is 2.41 bits per heavy atom. The first kappa shape index (κ1) is 12.8. The lowest BCUT2D eigenvalue weighted by Crippen LogP contribution is -1.83. The summed E-state index contributed by atoms with van der Waals surface area (Å²) < 4.78 is 0. The van der Waals surface area contributed by atoms with E-state index in [2.05, 4.69) is 5.18 Å². The van der Waals surface area contributed by atoms with E-state index < -0.39 is 0 Å². The van der Waals surface area contributed by atoms with Gasteiger partial charge in [-0.2, -0.15) is 0 Å². The van der Waals surface area contributed by atoms with E-state index in [0.29, 0.717) is 17.1 Å². The fourth-order valence-corrected chi connectivity index (χ4v) is 1.52. The summed E-state index contributed by atoms with van der Waals surface area (Å²) in [6, 6.07) is 7.84. The second kappa shape index (κ2) is 5.75. The number of phenols is 1. The molecule has 88 valence electrons. The van der Waals surface area contributed by atoms with Crippen molar-refractivity contribution >= 4 is 22.7 Å².